The van der Waals surface area contributed by atoms with E-state index in [1.54, 1.807) is 13.0 Å². The minimum absolute atomic E-state index is 0.106. The summed E-state index contributed by atoms with van der Waals surface area (Å²) in [7, 11) is -4.12. The molecule has 2 heterocycles. The van der Waals surface area contributed by atoms with Gasteiger partial charge in [-0.25, -0.2) is 18.2 Å². The second-order valence-electron chi connectivity index (χ2n) is 7.58. The summed E-state index contributed by atoms with van der Waals surface area (Å²) in [5.74, 6) is 4.15. The molecule has 10 heteroatoms. The van der Waals surface area contributed by atoms with Crippen LogP contribution in [0.15, 0.2) is 68.7 Å². The summed E-state index contributed by atoms with van der Waals surface area (Å²) in [5, 5.41) is 0. The van der Waals surface area contributed by atoms with Crippen molar-refractivity contribution in [3.63, 3.8) is 0 Å². The molecule has 8 nitrogen and oxygen atoms in total. The second-order valence-corrected chi connectivity index (χ2v) is 9.23. The van der Waals surface area contributed by atoms with E-state index in [0.717, 1.165) is 17.2 Å². The fourth-order valence-corrected chi connectivity index (χ4v) is 4.90. The molecule has 0 saturated heterocycles. The minimum Gasteiger partial charge on any atom is -0.408 e. The SMILES string of the molecule is Cc1cc2c(cc1S(=O)(=O)Nc1cccc(F)n1)oc(=O)n2[C@H](C)c1cccc(C#CCN)c1. The number of halogens is 1. The highest BCUT2D eigenvalue weighted by Crippen LogP contribution is 2.28. The minimum atomic E-state index is -4.12. The Morgan fingerprint density at radius 1 is 1.21 bits per heavy atom. The standard InChI is InChI=1S/C24H21FN4O4S/c1-15-12-19-20(14-21(15)34(31,32)28-23-10-4-9-22(25)27-23)33-24(30)29(19)16(2)18-8-3-6-17(13-18)7-5-11-26/h3-4,6,8-10,12-14,16H,11,26H2,1-2H3,(H,27,28)/t16-/m1/s1. The van der Waals surface area contributed by atoms with Gasteiger partial charge in [-0.1, -0.05) is 30.0 Å². The van der Waals surface area contributed by atoms with Crippen LogP contribution in [0.4, 0.5) is 10.2 Å². The van der Waals surface area contributed by atoms with Crippen LogP contribution in [0.1, 0.15) is 29.7 Å². The van der Waals surface area contributed by atoms with Crippen LogP contribution >= 0.6 is 0 Å². The zero-order valence-electron chi connectivity index (χ0n) is 18.4. The van der Waals surface area contributed by atoms with Crippen LogP contribution in [0.5, 0.6) is 0 Å². The van der Waals surface area contributed by atoms with Gasteiger partial charge < -0.3 is 10.2 Å². The molecule has 0 amide bonds. The molecule has 0 bridgehead atoms. The number of oxazole rings is 1. The van der Waals surface area contributed by atoms with Crippen molar-refractivity contribution in [1.82, 2.24) is 9.55 Å². The second kappa shape index (κ2) is 9.13. The fourth-order valence-electron chi connectivity index (χ4n) is 3.66. The number of nitrogens with zero attached hydrogens (tertiary/aromatic N) is 2. The summed E-state index contributed by atoms with van der Waals surface area (Å²) in [6.45, 7) is 3.67. The van der Waals surface area contributed by atoms with Crippen LogP contribution in [-0.4, -0.2) is 24.5 Å². The van der Waals surface area contributed by atoms with E-state index in [0.29, 0.717) is 11.1 Å². The molecule has 2 aromatic heterocycles. The number of nitrogens with two attached hydrogens (primary N) is 1. The van der Waals surface area contributed by atoms with E-state index in [4.69, 9.17) is 10.2 Å². The molecule has 0 fully saturated rings. The van der Waals surface area contributed by atoms with Gasteiger partial charge in [0.2, 0.25) is 5.95 Å². The number of hydrogen-bond donors (Lipinski definition) is 2. The average molecular weight is 481 g/mol. The van der Waals surface area contributed by atoms with E-state index >= 15 is 0 Å². The molecule has 4 aromatic rings. The Bertz CT molecular complexity index is 1610. The Labute approximate surface area is 195 Å². The lowest BCUT2D eigenvalue weighted by Crippen LogP contribution is -2.19. The maximum absolute atomic E-state index is 13.4. The fraction of sp³-hybridized carbons (Fsp3) is 0.167. The molecule has 0 unspecified atom stereocenters. The number of pyridine rings is 1. The van der Waals surface area contributed by atoms with Crippen LogP contribution < -0.4 is 16.2 Å². The molecule has 174 valence electrons. The summed E-state index contributed by atoms with van der Waals surface area (Å²) in [6.07, 6.45) is 0. The van der Waals surface area contributed by atoms with Gasteiger partial charge in [-0.2, -0.15) is 4.39 Å². The maximum atomic E-state index is 13.4. The van der Waals surface area contributed by atoms with Crippen molar-refractivity contribution in [2.45, 2.75) is 24.8 Å². The molecule has 3 N–H and O–H groups in total. The molecular weight excluding hydrogens is 459 g/mol. The third-order valence-corrected chi connectivity index (χ3v) is 6.74. The lowest BCUT2D eigenvalue weighted by atomic mass is 10.0. The van der Waals surface area contributed by atoms with E-state index in [1.807, 2.05) is 31.2 Å². The zero-order chi connectivity index (χ0) is 24.5. The Morgan fingerprint density at radius 2 is 1.97 bits per heavy atom. The number of hydrogen-bond acceptors (Lipinski definition) is 6. The Hall–Kier alpha value is -3.94. The maximum Gasteiger partial charge on any atom is 0.420 e. The first-order chi connectivity index (χ1) is 16.2. The number of aromatic nitrogens is 2. The van der Waals surface area contributed by atoms with Crippen molar-refractivity contribution in [3.8, 4) is 11.8 Å². The van der Waals surface area contributed by atoms with Gasteiger partial charge in [0, 0.05) is 11.6 Å². The summed E-state index contributed by atoms with van der Waals surface area (Å²) < 4.78 is 48.3. The van der Waals surface area contributed by atoms with Crippen molar-refractivity contribution in [2.75, 3.05) is 11.3 Å². The summed E-state index contributed by atoms with van der Waals surface area (Å²) in [6, 6.07) is 13.6. The van der Waals surface area contributed by atoms with E-state index in [9.17, 15) is 17.6 Å². The van der Waals surface area contributed by atoms with E-state index in [2.05, 4.69) is 21.5 Å². The van der Waals surface area contributed by atoms with Crippen LogP contribution in [0.3, 0.4) is 0 Å². The monoisotopic (exact) mass is 480 g/mol. The van der Waals surface area contributed by atoms with Crippen molar-refractivity contribution < 1.29 is 17.2 Å². The van der Waals surface area contributed by atoms with Crippen molar-refractivity contribution in [3.05, 3.63) is 87.8 Å². The predicted molar refractivity (Wildman–Crippen MR) is 126 cm³/mol. The Morgan fingerprint density at radius 3 is 2.71 bits per heavy atom. The summed E-state index contributed by atoms with van der Waals surface area (Å²) >= 11 is 0. The van der Waals surface area contributed by atoms with Gasteiger partial charge in [0.05, 0.1) is 23.0 Å². The molecule has 0 spiro atoms. The Kier molecular flexibility index (Phi) is 6.24. The predicted octanol–water partition coefficient (Wildman–Crippen LogP) is 3.16. The highest BCUT2D eigenvalue weighted by molar-refractivity contribution is 7.92. The lowest BCUT2D eigenvalue weighted by molar-refractivity contribution is 0.489. The topological polar surface area (TPSA) is 120 Å². The van der Waals surface area contributed by atoms with Crippen LogP contribution in [-0.2, 0) is 10.0 Å². The third kappa shape index (κ3) is 4.57. The first-order valence-corrected chi connectivity index (χ1v) is 11.8. The van der Waals surface area contributed by atoms with Crippen molar-refractivity contribution in [1.29, 1.82) is 0 Å². The number of fused-ring (bicyclic) bond motifs is 1. The summed E-state index contributed by atoms with van der Waals surface area (Å²) in [5.41, 5.74) is 7.95. The van der Waals surface area contributed by atoms with Crippen LogP contribution in [0.2, 0.25) is 0 Å². The van der Waals surface area contributed by atoms with Crippen molar-refractivity contribution >= 4 is 26.9 Å². The van der Waals surface area contributed by atoms with Crippen LogP contribution in [0, 0.1) is 24.7 Å². The van der Waals surface area contributed by atoms with Gasteiger partial charge >= 0.3 is 5.76 Å². The number of aryl methyl sites for hydroxylation is 1. The largest absolute Gasteiger partial charge is 0.420 e. The molecule has 0 aliphatic carbocycles. The van der Waals surface area contributed by atoms with Gasteiger partial charge in [-0.05, 0) is 55.3 Å². The first kappa shape index (κ1) is 23.2. The molecule has 0 aliphatic rings. The summed E-state index contributed by atoms with van der Waals surface area (Å²) in [4.78, 5) is 16.2. The molecule has 2 aromatic carbocycles. The van der Waals surface area contributed by atoms with Gasteiger partial charge in [0.25, 0.3) is 10.0 Å². The number of rotatable bonds is 5. The van der Waals surface area contributed by atoms with E-state index in [-0.39, 0.29) is 22.8 Å². The van der Waals surface area contributed by atoms with Gasteiger partial charge in [-0.3, -0.25) is 9.29 Å². The number of anilines is 1. The van der Waals surface area contributed by atoms with Crippen molar-refractivity contribution in [2.24, 2.45) is 5.73 Å². The van der Waals surface area contributed by atoms with E-state index in [1.165, 1.54) is 22.8 Å². The smallest absolute Gasteiger partial charge is 0.408 e. The van der Waals surface area contributed by atoms with Gasteiger partial charge in [0.15, 0.2) is 5.58 Å². The average Bonchev–Trinajstić information content (AvgIpc) is 3.11. The zero-order valence-corrected chi connectivity index (χ0v) is 19.2. The number of nitrogens with one attached hydrogen (secondary N) is 1. The molecule has 1 atom stereocenters. The Balaban J connectivity index is 1.76. The quantitative estimate of drug-likeness (QED) is 0.334. The molecule has 0 saturated carbocycles. The first-order valence-electron chi connectivity index (χ1n) is 10.3. The number of sulfonamides is 1. The molecular formula is C24H21FN4O4S. The van der Waals surface area contributed by atoms with Crippen LogP contribution in [0.25, 0.3) is 11.1 Å². The number of benzene rings is 2. The third-order valence-electron chi connectivity index (χ3n) is 5.24. The van der Waals surface area contributed by atoms with E-state index < -0.39 is 27.8 Å². The molecule has 4 rings (SSSR count). The normalized spacial score (nSPS) is 12.2. The van der Waals surface area contributed by atoms with Gasteiger partial charge in [0.1, 0.15) is 5.82 Å². The van der Waals surface area contributed by atoms with Gasteiger partial charge in [-0.15, -0.1) is 0 Å². The molecule has 34 heavy (non-hydrogen) atoms. The highest BCUT2D eigenvalue weighted by atomic mass is 32.2. The highest BCUT2D eigenvalue weighted by Gasteiger charge is 2.23. The molecule has 0 aliphatic heterocycles. The lowest BCUT2D eigenvalue weighted by Gasteiger charge is -2.14. The molecule has 0 radical (unpaired) electrons.